The van der Waals surface area contributed by atoms with E-state index >= 15 is 0 Å². The summed E-state index contributed by atoms with van der Waals surface area (Å²) in [7, 11) is 0. The first kappa shape index (κ1) is 19.5. The fraction of sp³-hybridized carbons (Fsp3) is 0.278. The molecular weight excluding hydrogens is 333 g/mol. The number of nitrogens with two attached hydrogens (primary N) is 1. The van der Waals surface area contributed by atoms with Gasteiger partial charge in [0.05, 0.1) is 5.92 Å². The van der Waals surface area contributed by atoms with Gasteiger partial charge in [-0.3, -0.25) is 4.79 Å². The minimum Gasteiger partial charge on any atom is -0.481 e. The normalized spacial score (nSPS) is 13.0. The lowest BCUT2D eigenvalue weighted by molar-refractivity contribution is -0.141. The Morgan fingerprint density at radius 1 is 1.17 bits per heavy atom. The topological polar surface area (TPSA) is 63.3 Å². The Morgan fingerprint density at radius 2 is 1.83 bits per heavy atom. The molecule has 0 aliphatic rings. The van der Waals surface area contributed by atoms with Crippen molar-refractivity contribution in [3.05, 3.63) is 59.1 Å². The third-order valence-corrected chi connectivity index (χ3v) is 3.92. The van der Waals surface area contributed by atoms with Crippen LogP contribution in [0.25, 0.3) is 11.1 Å². The summed E-state index contributed by atoms with van der Waals surface area (Å²) in [6, 6.07) is 15.7. The van der Waals surface area contributed by atoms with Crippen molar-refractivity contribution in [2.45, 2.75) is 25.8 Å². The minimum absolute atomic E-state index is 0. The lowest BCUT2D eigenvalue weighted by Crippen LogP contribution is -2.28. The van der Waals surface area contributed by atoms with Crippen LogP contribution in [0.3, 0.4) is 0 Å². The Labute approximate surface area is 147 Å². The lowest BCUT2D eigenvalue weighted by Gasteiger charge is -2.14. The van der Waals surface area contributed by atoms with Crippen LogP contribution in [0.15, 0.2) is 48.5 Å². The van der Waals surface area contributed by atoms with Gasteiger partial charge < -0.3 is 10.8 Å². The molecule has 0 aliphatic heterocycles. The standard InChI is InChI=1S/C18H20ClNO2.ClH/c1-12(18(21)22)9-17(20)10-13-5-7-14(8-6-13)15-3-2-4-16(19)11-15;/h2-8,11-12,17H,9-10,20H2,1H3,(H,21,22);1H. The molecule has 5 heteroatoms. The van der Waals surface area contributed by atoms with E-state index in [0.29, 0.717) is 17.9 Å². The van der Waals surface area contributed by atoms with E-state index < -0.39 is 11.9 Å². The van der Waals surface area contributed by atoms with Gasteiger partial charge in [-0.15, -0.1) is 12.4 Å². The number of carboxylic acid groups (broad SMARTS) is 1. The van der Waals surface area contributed by atoms with Crippen molar-refractivity contribution < 1.29 is 9.90 Å². The van der Waals surface area contributed by atoms with Crippen LogP contribution in [0.1, 0.15) is 18.9 Å². The quantitative estimate of drug-likeness (QED) is 0.808. The van der Waals surface area contributed by atoms with Gasteiger partial charge in [0, 0.05) is 11.1 Å². The predicted molar refractivity (Wildman–Crippen MR) is 97.2 cm³/mol. The smallest absolute Gasteiger partial charge is 0.306 e. The molecule has 2 rings (SSSR count). The maximum atomic E-state index is 10.8. The largest absolute Gasteiger partial charge is 0.481 e. The number of carboxylic acids is 1. The van der Waals surface area contributed by atoms with Crippen LogP contribution in [-0.4, -0.2) is 17.1 Å². The summed E-state index contributed by atoms with van der Waals surface area (Å²) in [4.78, 5) is 10.8. The number of hydrogen-bond acceptors (Lipinski definition) is 2. The fourth-order valence-corrected chi connectivity index (χ4v) is 2.63. The third-order valence-electron chi connectivity index (χ3n) is 3.69. The molecule has 2 aromatic carbocycles. The highest BCUT2D eigenvalue weighted by atomic mass is 35.5. The van der Waals surface area contributed by atoms with Crippen LogP contribution in [-0.2, 0) is 11.2 Å². The summed E-state index contributed by atoms with van der Waals surface area (Å²) in [5.74, 6) is -1.22. The highest BCUT2D eigenvalue weighted by Crippen LogP contribution is 2.23. The zero-order valence-corrected chi connectivity index (χ0v) is 14.5. The fourth-order valence-electron chi connectivity index (χ4n) is 2.44. The first-order chi connectivity index (χ1) is 10.5. The second kappa shape index (κ2) is 8.92. The zero-order valence-electron chi connectivity index (χ0n) is 12.9. The Morgan fingerprint density at radius 3 is 2.39 bits per heavy atom. The van der Waals surface area contributed by atoms with E-state index in [1.165, 1.54) is 0 Å². The summed E-state index contributed by atoms with van der Waals surface area (Å²) >= 11 is 6.00. The van der Waals surface area contributed by atoms with Crippen molar-refractivity contribution in [1.29, 1.82) is 0 Å². The number of aliphatic carboxylic acids is 1. The summed E-state index contributed by atoms with van der Waals surface area (Å²) in [5.41, 5.74) is 9.31. The molecule has 0 aliphatic carbocycles. The number of benzene rings is 2. The lowest BCUT2D eigenvalue weighted by atomic mass is 9.96. The van der Waals surface area contributed by atoms with Gasteiger partial charge >= 0.3 is 5.97 Å². The number of halogens is 2. The average molecular weight is 354 g/mol. The van der Waals surface area contributed by atoms with Crippen LogP contribution in [0.4, 0.5) is 0 Å². The molecule has 0 radical (unpaired) electrons. The maximum absolute atomic E-state index is 10.8. The SMILES string of the molecule is CC(CC(N)Cc1ccc(-c2cccc(Cl)c2)cc1)C(=O)O.Cl. The second-order valence-corrected chi connectivity index (χ2v) is 6.08. The molecule has 0 saturated carbocycles. The summed E-state index contributed by atoms with van der Waals surface area (Å²) in [6.07, 6.45) is 1.15. The van der Waals surface area contributed by atoms with E-state index in [0.717, 1.165) is 16.7 Å². The molecule has 124 valence electrons. The maximum Gasteiger partial charge on any atom is 0.306 e. The van der Waals surface area contributed by atoms with E-state index in [-0.39, 0.29) is 18.4 Å². The van der Waals surface area contributed by atoms with Gasteiger partial charge in [-0.2, -0.15) is 0 Å². The molecule has 0 heterocycles. The van der Waals surface area contributed by atoms with E-state index in [9.17, 15) is 4.79 Å². The molecule has 23 heavy (non-hydrogen) atoms. The van der Waals surface area contributed by atoms with Crippen molar-refractivity contribution >= 4 is 30.0 Å². The molecule has 0 spiro atoms. The van der Waals surface area contributed by atoms with E-state index in [1.807, 2.05) is 48.5 Å². The molecule has 0 bridgehead atoms. The van der Waals surface area contributed by atoms with Crippen molar-refractivity contribution in [2.75, 3.05) is 0 Å². The van der Waals surface area contributed by atoms with Crippen LogP contribution in [0.2, 0.25) is 5.02 Å². The summed E-state index contributed by atoms with van der Waals surface area (Å²) in [5, 5.41) is 9.63. The Balaban J connectivity index is 0.00000264. The molecule has 0 saturated heterocycles. The van der Waals surface area contributed by atoms with Crippen molar-refractivity contribution in [3.8, 4) is 11.1 Å². The van der Waals surface area contributed by atoms with Gasteiger partial charge in [-0.05, 0) is 41.7 Å². The van der Waals surface area contributed by atoms with Gasteiger partial charge in [0.15, 0.2) is 0 Å². The molecule has 0 fully saturated rings. The molecule has 2 unspecified atom stereocenters. The molecule has 3 nitrogen and oxygen atoms in total. The van der Waals surface area contributed by atoms with E-state index in [4.69, 9.17) is 22.4 Å². The molecule has 2 aromatic rings. The average Bonchev–Trinajstić information content (AvgIpc) is 2.47. The van der Waals surface area contributed by atoms with Crippen LogP contribution >= 0.6 is 24.0 Å². The van der Waals surface area contributed by atoms with Crippen molar-refractivity contribution in [1.82, 2.24) is 0 Å². The highest BCUT2D eigenvalue weighted by Gasteiger charge is 2.15. The molecular formula is C18H21Cl2NO2. The summed E-state index contributed by atoms with van der Waals surface area (Å²) < 4.78 is 0. The molecule has 0 aromatic heterocycles. The second-order valence-electron chi connectivity index (χ2n) is 5.65. The Hall–Kier alpha value is -1.55. The number of hydrogen-bond donors (Lipinski definition) is 2. The Kier molecular flexibility index (Phi) is 7.56. The third kappa shape index (κ3) is 5.87. The van der Waals surface area contributed by atoms with Crippen LogP contribution < -0.4 is 5.73 Å². The first-order valence-electron chi connectivity index (χ1n) is 7.29. The predicted octanol–water partition coefficient (Wildman–Crippen LogP) is 4.41. The van der Waals surface area contributed by atoms with Gasteiger partial charge in [0.1, 0.15) is 0 Å². The van der Waals surface area contributed by atoms with E-state index in [1.54, 1.807) is 6.92 Å². The number of carbonyl (C=O) groups is 1. The molecule has 3 N–H and O–H groups in total. The van der Waals surface area contributed by atoms with E-state index in [2.05, 4.69) is 0 Å². The monoisotopic (exact) mass is 353 g/mol. The Bertz CT molecular complexity index is 644. The number of rotatable bonds is 6. The first-order valence-corrected chi connectivity index (χ1v) is 7.67. The van der Waals surface area contributed by atoms with Crippen LogP contribution in [0.5, 0.6) is 0 Å². The minimum atomic E-state index is -0.799. The zero-order chi connectivity index (χ0) is 16.1. The van der Waals surface area contributed by atoms with Gasteiger partial charge in [0.25, 0.3) is 0 Å². The van der Waals surface area contributed by atoms with Gasteiger partial charge in [0.2, 0.25) is 0 Å². The summed E-state index contributed by atoms with van der Waals surface area (Å²) in [6.45, 7) is 1.68. The van der Waals surface area contributed by atoms with Gasteiger partial charge in [-0.25, -0.2) is 0 Å². The van der Waals surface area contributed by atoms with Gasteiger partial charge in [-0.1, -0.05) is 54.9 Å². The highest BCUT2D eigenvalue weighted by molar-refractivity contribution is 6.30. The van der Waals surface area contributed by atoms with Crippen LogP contribution in [0, 0.1) is 5.92 Å². The van der Waals surface area contributed by atoms with Crippen molar-refractivity contribution in [2.24, 2.45) is 11.7 Å². The molecule has 0 amide bonds. The molecule has 2 atom stereocenters. The van der Waals surface area contributed by atoms with Crippen molar-refractivity contribution in [3.63, 3.8) is 0 Å².